The molecule has 14 heteroatoms. The Bertz CT molecular complexity index is 1220. The van der Waals surface area contributed by atoms with E-state index in [1.54, 1.807) is 0 Å². The third-order valence-electron chi connectivity index (χ3n) is 10.1. The summed E-state index contributed by atoms with van der Waals surface area (Å²) in [6.45, 7) is 3.21. The number of allylic oxidation sites excluding steroid dienone is 8. The largest absolute Gasteiger partial charge is 0.472 e. The van der Waals surface area contributed by atoms with E-state index < -0.39 is 75.7 Å². The highest BCUT2D eigenvalue weighted by molar-refractivity contribution is 7.47. The number of aliphatic hydroxyl groups excluding tert-OH is 5. The number of carbonyl (C=O) groups is 2. The van der Waals surface area contributed by atoms with Crippen LogP contribution in [0.5, 0.6) is 0 Å². The Balaban J connectivity index is 2.51. The van der Waals surface area contributed by atoms with Gasteiger partial charge in [-0.2, -0.15) is 0 Å². The number of phosphoric acid groups is 1. The van der Waals surface area contributed by atoms with Gasteiger partial charge in [0.05, 0.1) is 6.61 Å². The van der Waals surface area contributed by atoms with Gasteiger partial charge in [0, 0.05) is 12.8 Å². The summed E-state index contributed by atoms with van der Waals surface area (Å²) in [6, 6.07) is 0. The van der Waals surface area contributed by atoms with E-state index in [2.05, 4.69) is 62.5 Å². The number of hydrogen-bond donors (Lipinski definition) is 6. The number of carbonyl (C=O) groups excluding carboxylic acids is 2. The SMILES string of the molecule is CCCCCC=CCC=CCC=CCCCCC(=O)O[C@H](COC(=O)CCCCCCCCCC=CCCCCCC)COP(=O)(O)OC1C(O)C(O)C(O)[C@@H](O)C1O. The van der Waals surface area contributed by atoms with Crippen LogP contribution in [0, 0.1) is 0 Å². The van der Waals surface area contributed by atoms with Gasteiger partial charge in [0.2, 0.25) is 0 Å². The van der Waals surface area contributed by atoms with Gasteiger partial charge in [-0.25, -0.2) is 4.57 Å². The third-order valence-corrected chi connectivity index (χ3v) is 11.1. The standard InChI is InChI=1S/C45H79O13P/c1-3-5-7-9-11-13-15-17-19-21-23-25-27-29-31-33-38(46)55-35-37(36-56-59(53,54)58-45-43(51)41(49)40(48)42(50)44(45)52)57-39(47)34-32-30-28-26-24-22-20-18-16-14-12-10-8-6-4-2/h12-15,18,20,24,26,37,40-45,48-52H,3-11,16-17,19,21-23,25,27-36H2,1-2H3,(H,53,54)/t37-,40?,41-,42?,43?,44?,45?/m1/s1. The molecule has 59 heavy (non-hydrogen) atoms. The van der Waals surface area contributed by atoms with Crippen LogP contribution in [0.15, 0.2) is 48.6 Å². The van der Waals surface area contributed by atoms with Gasteiger partial charge in [-0.1, -0.05) is 127 Å². The summed E-state index contributed by atoms with van der Waals surface area (Å²) < 4.78 is 33.4. The minimum absolute atomic E-state index is 0.0461. The van der Waals surface area contributed by atoms with Crippen molar-refractivity contribution >= 4 is 19.8 Å². The van der Waals surface area contributed by atoms with Gasteiger partial charge in [0.15, 0.2) is 6.10 Å². The van der Waals surface area contributed by atoms with Crippen LogP contribution in [-0.4, -0.2) is 98.3 Å². The predicted octanol–water partition coefficient (Wildman–Crippen LogP) is 8.39. The first-order valence-electron chi connectivity index (χ1n) is 22.4. The van der Waals surface area contributed by atoms with Crippen molar-refractivity contribution in [3.63, 3.8) is 0 Å². The zero-order chi connectivity index (χ0) is 43.6. The van der Waals surface area contributed by atoms with Gasteiger partial charge < -0.3 is 39.9 Å². The van der Waals surface area contributed by atoms with Gasteiger partial charge in [0.25, 0.3) is 0 Å². The van der Waals surface area contributed by atoms with Crippen LogP contribution in [0.3, 0.4) is 0 Å². The Labute approximate surface area is 354 Å². The zero-order valence-corrected chi connectivity index (χ0v) is 36.9. The molecule has 0 radical (unpaired) electrons. The lowest BCUT2D eigenvalue weighted by Gasteiger charge is -2.41. The van der Waals surface area contributed by atoms with Gasteiger partial charge >= 0.3 is 19.8 Å². The molecule has 0 aliphatic heterocycles. The minimum atomic E-state index is -5.13. The number of ether oxygens (including phenoxy) is 2. The van der Waals surface area contributed by atoms with E-state index in [0.717, 1.165) is 64.2 Å². The van der Waals surface area contributed by atoms with Crippen molar-refractivity contribution in [3.05, 3.63) is 48.6 Å². The molecule has 1 saturated carbocycles. The molecule has 342 valence electrons. The molecule has 0 heterocycles. The Kier molecular flexibility index (Phi) is 32.9. The molecule has 0 saturated heterocycles. The number of rotatable bonds is 36. The van der Waals surface area contributed by atoms with Crippen molar-refractivity contribution in [2.75, 3.05) is 13.2 Å². The average Bonchev–Trinajstić information content (AvgIpc) is 3.21. The highest BCUT2D eigenvalue weighted by atomic mass is 31.2. The number of aliphatic hydroxyl groups is 5. The molecule has 0 aromatic heterocycles. The number of hydrogen-bond acceptors (Lipinski definition) is 12. The molecule has 0 bridgehead atoms. The molecule has 0 aromatic rings. The van der Waals surface area contributed by atoms with Gasteiger partial charge in [-0.05, 0) is 77.0 Å². The minimum Gasteiger partial charge on any atom is -0.462 e. The summed E-state index contributed by atoms with van der Waals surface area (Å²) in [5.74, 6) is -1.15. The lowest BCUT2D eigenvalue weighted by molar-refractivity contribution is -0.220. The van der Waals surface area contributed by atoms with Crippen molar-refractivity contribution in [2.24, 2.45) is 0 Å². The second kappa shape index (κ2) is 35.4. The normalized spacial score (nSPS) is 22.8. The van der Waals surface area contributed by atoms with E-state index in [1.165, 1.54) is 64.2 Å². The molecule has 0 spiro atoms. The summed E-state index contributed by atoms with van der Waals surface area (Å²) in [6.07, 6.45) is 27.4. The number of esters is 2. The molecule has 0 aromatic carbocycles. The van der Waals surface area contributed by atoms with Gasteiger partial charge in [-0.15, -0.1) is 0 Å². The second-order valence-corrected chi connectivity index (χ2v) is 16.9. The van der Waals surface area contributed by atoms with Crippen LogP contribution in [-0.2, 0) is 32.7 Å². The first-order valence-corrected chi connectivity index (χ1v) is 23.9. The van der Waals surface area contributed by atoms with E-state index in [9.17, 15) is 44.6 Å². The Hall–Kier alpha value is -2.19. The van der Waals surface area contributed by atoms with Crippen molar-refractivity contribution in [3.8, 4) is 0 Å². The van der Waals surface area contributed by atoms with E-state index in [-0.39, 0.29) is 12.8 Å². The quantitative estimate of drug-likeness (QED) is 0.0152. The first kappa shape index (κ1) is 54.8. The van der Waals surface area contributed by atoms with Crippen LogP contribution in [0.25, 0.3) is 0 Å². The summed E-state index contributed by atoms with van der Waals surface area (Å²) in [5.41, 5.74) is 0. The average molecular weight is 859 g/mol. The van der Waals surface area contributed by atoms with Crippen molar-refractivity contribution in [1.29, 1.82) is 0 Å². The summed E-state index contributed by atoms with van der Waals surface area (Å²) in [5, 5.41) is 50.1. The summed E-state index contributed by atoms with van der Waals surface area (Å²) in [4.78, 5) is 35.6. The highest BCUT2D eigenvalue weighted by Gasteiger charge is 2.51. The van der Waals surface area contributed by atoms with Crippen molar-refractivity contribution < 1.29 is 63.1 Å². The fourth-order valence-electron chi connectivity index (χ4n) is 6.46. The van der Waals surface area contributed by atoms with E-state index >= 15 is 0 Å². The molecule has 1 aliphatic carbocycles. The number of phosphoric ester groups is 1. The maximum atomic E-state index is 12.8. The van der Waals surface area contributed by atoms with Crippen molar-refractivity contribution in [1.82, 2.24) is 0 Å². The fraction of sp³-hybridized carbons (Fsp3) is 0.778. The van der Waals surface area contributed by atoms with Gasteiger partial charge in [0.1, 0.15) is 43.2 Å². The molecule has 13 nitrogen and oxygen atoms in total. The van der Waals surface area contributed by atoms with E-state index in [0.29, 0.717) is 12.8 Å². The van der Waals surface area contributed by atoms with Crippen LogP contribution in [0.2, 0.25) is 0 Å². The Morgan fingerprint density at radius 2 is 0.915 bits per heavy atom. The summed E-state index contributed by atoms with van der Waals surface area (Å²) >= 11 is 0. The third kappa shape index (κ3) is 28.1. The maximum Gasteiger partial charge on any atom is 0.472 e. The van der Waals surface area contributed by atoms with Crippen LogP contribution >= 0.6 is 7.82 Å². The Morgan fingerprint density at radius 1 is 0.525 bits per heavy atom. The molecule has 1 fully saturated rings. The number of unbranched alkanes of at least 4 members (excludes halogenated alkanes) is 16. The first-order chi connectivity index (χ1) is 28.4. The monoisotopic (exact) mass is 859 g/mol. The van der Waals surface area contributed by atoms with Crippen LogP contribution in [0.1, 0.15) is 168 Å². The molecule has 6 N–H and O–H groups in total. The molecular formula is C45H79O13P. The van der Waals surface area contributed by atoms with E-state index in [1.807, 2.05) is 0 Å². The lowest BCUT2D eigenvalue weighted by atomic mass is 9.85. The maximum absolute atomic E-state index is 12.8. The fourth-order valence-corrected chi connectivity index (χ4v) is 7.44. The zero-order valence-electron chi connectivity index (χ0n) is 36.0. The smallest absolute Gasteiger partial charge is 0.462 e. The Morgan fingerprint density at radius 3 is 1.47 bits per heavy atom. The van der Waals surface area contributed by atoms with Crippen molar-refractivity contribution in [2.45, 2.75) is 211 Å². The topological polar surface area (TPSA) is 210 Å². The highest BCUT2D eigenvalue weighted by Crippen LogP contribution is 2.47. The van der Waals surface area contributed by atoms with E-state index in [4.69, 9.17) is 18.5 Å². The lowest BCUT2D eigenvalue weighted by Crippen LogP contribution is -2.64. The molecule has 1 aliphatic rings. The summed E-state index contributed by atoms with van der Waals surface area (Å²) in [7, 11) is -5.13. The van der Waals surface area contributed by atoms with Gasteiger partial charge in [-0.3, -0.25) is 18.6 Å². The van der Waals surface area contributed by atoms with Crippen LogP contribution < -0.4 is 0 Å². The van der Waals surface area contributed by atoms with Crippen LogP contribution in [0.4, 0.5) is 0 Å². The molecule has 8 atom stereocenters. The molecule has 1 rings (SSSR count). The molecule has 6 unspecified atom stereocenters. The molecule has 0 amide bonds. The molecular weight excluding hydrogens is 779 g/mol. The second-order valence-electron chi connectivity index (χ2n) is 15.5. The predicted molar refractivity (Wildman–Crippen MR) is 230 cm³/mol.